The van der Waals surface area contributed by atoms with Crippen LogP contribution in [-0.2, 0) is 0 Å². The van der Waals surface area contributed by atoms with Crippen LogP contribution in [0.4, 0.5) is 17.1 Å². The minimum absolute atomic E-state index is 0.968. The molecule has 5 aromatic carbocycles. The van der Waals surface area contributed by atoms with Gasteiger partial charge < -0.3 is 9.47 Å². The van der Waals surface area contributed by atoms with E-state index in [1.807, 2.05) is 18.3 Å². The van der Waals surface area contributed by atoms with E-state index in [-0.39, 0.29) is 0 Å². The smallest absolute Gasteiger partial charge is 0.0702 e. The van der Waals surface area contributed by atoms with E-state index in [9.17, 15) is 0 Å². The van der Waals surface area contributed by atoms with Crippen LogP contribution in [0.25, 0.3) is 38.8 Å². The number of nitrogens with zero attached hydrogens (tertiary/aromatic N) is 3. The van der Waals surface area contributed by atoms with Gasteiger partial charge in [0, 0.05) is 39.6 Å². The molecule has 3 nitrogen and oxygen atoms in total. The molecule has 0 fully saturated rings. The van der Waals surface area contributed by atoms with E-state index in [2.05, 4.69) is 150 Å². The van der Waals surface area contributed by atoms with Gasteiger partial charge in [0.25, 0.3) is 0 Å². The van der Waals surface area contributed by atoms with Crippen LogP contribution in [0, 0.1) is 13.8 Å². The van der Waals surface area contributed by atoms with Crippen LogP contribution in [0.3, 0.4) is 0 Å². The Hall–Kier alpha value is -5.15. The quantitative estimate of drug-likeness (QED) is 0.227. The fourth-order valence-electron chi connectivity index (χ4n) is 5.62. The number of fused-ring (bicyclic) bond motifs is 3. The number of hydrogen-bond acceptors (Lipinski definition) is 2. The molecule has 2 heterocycles. The van der Waals surface area contributed by atoms with Crippen LogP contribution in [0.15, 0.2) is 140 Å². The summed E-state index contributed by atoms with van der Waals surface area (Å²) in [7, 11) is 0. The first kappa shape index (κ1) is 23.9. The number of aromatic nitrogens is 2. The fraction of sp³-hybridized carbons (Fsp3) is 0.0541. The summed E-state index contributed by atoms with van der Waals surface area (Å²) in [6.07, 6.45) is 1.85. The van der Waals surface area contributed by atoms with Gasteiger partial charge in [-0.3, -0.25) is 4.98 Å². The topological polar surface area (TPSA) is 21.1 Å². The van der Waals surface area contributed by atoms with Gasteiger partial charge in [-0.25, -0.2) is 0 Å². The van der Waals surface area contributed by atoms with Crippen molar-refractivity contribution in [3.63, 3.8) is 0 Å². The average Bonchev–Trinajstić information content (AvgIpc) is 3.35. The van der Waals surface area contributed by atoms with Crippen LogP contribution >= 0.6 is 0 Å². The molecule has 3 heteroatoms. The third kappa shape index (κ3) is 4.13. The summed E-state index contributed by atoms with van der Waals surface area (Å²) in [5.41, 5.74) is 11.4. The lowest BCUT2D eigenvalue weighted by atomic mass is 10.1. The molecule has 0 atom stereocenters. The standard InChI is InChI=1S/C37H29N3/c1-26-16-20-29(21-17-26)39(30-22-18-27(2)19-23-30)35-14-8-15-36-37(35)32-11-3-4-13-34(32)40(36)31-10-7-9-28(25-31)33-12-5-6-24-38-33/h3-25H,1-2H3. The largest absolute Gasteiger partial charge is 0.310 e. The average molecular weight is 516 g/mol. The van der Waals surface area contributed by atoms with E-state index < -0.39 is 0 Å². The van der Waals surface area contributed by atoms with E-state index in [0.29, 0.717) is 0 Å². The molecule has 192 valence electrons. The van der Waals surface area contributed by atoms with Crippen molar-refractivity contribution < 1.29 is 0 Å². The van der Waals surface area contributed by atoms with Gasteiger partial charge in [0.15, 0.2) is 0 Å². The molecular formula is C37H29N3. The van der Waals surface area contributed by atoms with E-state index in [0.717, 1.165) is 34.0 Å². The number of benzene rings is 5. The van der Waals surface area contributed by atoms with Crippen molar-refractivity contribution in [3.05, 3.63) is 151 Å². The number of hydrogen-bond donors (Lipinski definition) is 0. The van der Waals surface area contributed by atoms with Crippen molar-refractivity contribution in [2.24, 2.45) is 0 Å². The third-order valence-electron chi connectivity index (χ3n) is 7.57. The van der Waals surface area contributed by atoms with Gasteiger partial charge in [-0.1, -0.05) is 77.9 Å². The highest BCUT2D eigenvalue weighted by Crippen LogP contribution is 2.43. The molecule has 0 radical (unpaired) electrons. The number of aryl methyl sites for hydroxylation is 2. The molecule has 40 heavy (non-hydrogen) atoms. The minimum atomic E-state index is 0.968. The molecule has 0 amide bonds. The second-order valence-electron chi connectivity index (χ2n) is 10.3. The molecule has 0 N–H and O–H groups in total. The molecule has 7 rings (SSSR count). The first-order chi connectivity index (χ1) is 19.7. The van der Waals surface area contributed by atoms with Gasteiger partial charge in [0.1, 0.15) is 0 Å². The SMILES string of the molecule is Cc1ccc(N(c2ccc(C)cc2)c2cccc3c2c2ccccc2n3-c2cccc(-c3ccccn3)c2)cc1. The molecule has 2 aromatic heterocycles. The summed E-state index contributed by atoms with van der Waals surface area (Å²) in [5, 5.41) is 2.45. The summed E-state index contributed by atoms with van der Waals surface area (Å²) in [4.78, 5) is 6.97. The summed E-state index contributed by atoms with van der Waals surface area (Å²) in [5.74, 6) is 0. The molecule has 0 aliphatic heterocycles. The Morgan fingerprint density at radius 3 is 1.93 bits per heavy atom. The molecule has 0 aliphatic carbocycles. The summed E-state index contributed by atoms with van der Waals surface area (Å²) >= 11 is 0. The van der Waals surface area contributed by atoms with Crippen molar-refractivity contribution in [3.8, 4) is 16.9 Å². The molecule has 0 spiro atoms. The lowest BCUT2D eigenvalue weighted by Crippen LogP contribution is -2.10. The van der Waals surface area contributed by atoms with Gasteiger partial charge in [-0.05, 0) is 80.6 Å². The zero-order valence-corrected chi connectivity index (χ0v) is 22.6. The van der Waals surface area contributed by atoms with E-state index in [1.165, 1.54) is 32.9 Å². The van der Waals surface area contributed by atoms with Gasteiger partial charge in [0.2, 0.25) is 0 Å². The molecule has 0 saturated carbocycles. The maximum Gasteiger partial charge on any atom is 0.0702 e. The lowest BCUT2D eigenvalue weighted by Gasteiger charge is -2.26. The molecule has 7 aromatic rings. The van der Waals surface area contributed by atoms with Crippen LogP contribution in [0.1, 0.15) is 11.1 Å². The Kier molecular flexibility index (Phi) is 5.90. The number of pyridine rings is 1. The monoisotopic (exact) mass is 515 g/mol. The molecule has 0 bridgehead atoms. The minimum Gasteiger partial charge on any atom is -0.310 e. The van der Waals surface area contributed by atoms with Crippen LogP contribution in [0.2, 0.25) is 0 Å². The third-order valence-corrected chi connectivity index (χ3v) is 7.57. The Morgan fingerprint density at radius 2 is 1.23 bits per heavy atom. The fourth-order valence-corrected chi connectivity index (χ4v) is 5.62. The highest BCUT2D eigenvalue weighted by atomic mass is 15.1. The maximum atomic E-state index is 4.60. The molecule has 0 saturated heterocycles. The van der Waals surface area contributed by atoms with Gasteiger partial charge in [-0.15, -0.1) is 0 Å². The van der Waals surface area contributed by atoms with Crippen LogP contribution in [-0.4, -0.2) is 9.55 Å². The van der Waals surface area contributed by atoms with E-state index in [4.69, 9.17) is 0 Å². The van der Waals surface area contributed by atoms with Crippen molar-refractivity contribution in [1.29, 1.82) is 0 Å². The Balaban J connectivity index is 1.51. The van der Waals surface area contributed by atoms with Crippen LogP contribution in [0.5, 0.6) is 0 Å². The zero-order chi connectivity index (χ0) is 27.1. The Morgan fingerprint density at radius 1 is 0.575 bits per heavy atom. The van der Waals surface area contributed by atoms with Crippen molar-refractivity contribution in [2.45, 2.75) is 13.8 Å². The van der Waals surface area contributed by atoms with Crippen molar-refractivity contribution in [2.75, 3.05) is 4.90 Å². The second kappa shape index (κ2) is 9.87. The van der Waals surface area contributed by atoms with Gasteiger partial charge in [0.05, 0.1) is 22.4 Å². The highest BCUT2D eigenvalue weighted by Gasteiger charge is 2.21. The van der Waals surface area contributed by atoms with E-state index in [1.54, 1.807) is 0 Å². The number of anilines is 3. The Labute approximate surface area is 234 Å². The number of para-hydroxylation sites is 1. The van der Waals surface area contributed by atoms with Gasteiger partial charge in [-0.2, -0.15) is 0 Å². The summed E-state index contributed by atoms with van der Waals surface area (Å²) in [6, 6.07) is 47.6. The first-order valence-corrected chi connectivity index (χ1v) is 13.6. The maximum absolute atomic E-state index is 4.60. The summed E-state index contributed by atoms with van der Waals surface area (Å²) < 4.78 is 2.38. The second-order valence-corrected chi connectivity index (χ2v) is 10.3. The first-order valence-electron chi connectivity index (χ1n) is 13.6. The lowest BCUT2D eigenvalue weighted by molar-refractivity contribution is 1.18. The van der Waals surface area contributed by atoms with Crippen molar-refractivity contribution >= 4 is 38.9 Å². The molecular weight excluding hydrogens is 486 g/mol. The summed E-state index contributed by atoms with van der Waals surface area (Å²) in [6.45, 7) is 4.26. The highest BCUT2D eigenvalue weighted by molar-refractivity contribution is 6.16. The predicted octanol–water partition coefficient (Wildman–Crippen LogP) is 9.93. The predicted molar refractivity (Wildman–Crippen MR) is 168 cm³/mol. The molecule has 0 aliphatic rings. The van der Waals surface area contributed by atoms with Crippen LogP contribution < -0.4 is 4.90 Å². The normalized spacial score (nSPS) is 11.2. The number of rotatable bonds is 5. The van der Waals surface area contributed by atoms with Gasteiger partial charge >= 0.3 is 0 Å². The van der Waals surface area contributed by atoms with E-state index >= 15 is 0 Å². The zero-order valence-electron chi connectivity index (χ0n) is 22.6. The molecule has 0 unspecified atom stereocenters. The van der Waals surface area contributed by atoms with Crippen molar-refractivity contribution in [1.82, 2.24) is 9.55 Å². The Bertz CT molecular complexity index is 1900.